The zero-order chi connectivity index (χ0) is 22.6. The van der Waals surface area contributed by atoms with Crippen molar-refractivity contribution < 1.29 is 21.6 Å². The third kappa shape index (κ3) is 4.62. The van der Waals surface area contributed by atoms with Crippen molar-refractivity contribution in [1.82, 2.24) is 0 Å². The van der Waals surface area contributed by atoms with Crippen molar-refractivity contribution in [3.05, 3.63) is 84.4 Å². The van der Waals surface area contributed by atoms with Crippen LogP contribution in [0, 0.1) is 6.92 Å². The number of sulfonamides is 2. The molecule has 1 N–H and O–H groups in total. The van der Waals surface area contributed by atoms with E-state index in [1.807, 2.05) is 0 Å². The summed E-state index contributed by atoms with van der Waals surface area (Å²) in [6.07, 6.45) is 0.276. The Morgan fingerprint density at radius 3 is 1.71 bits per heavy atom. The molecule has 0 saturated heterocycles. The number of rotatable bonds is 7. The lowest BCUT2D eigenvalue weighted by Crippen LogP contribution is -2.37. The lowest BCUT2D eigenvalue weighted by atomic mass is 10.2. The topological polar surface area (TPSA) is 101 Å². The van der Waals surface area contributed by atoms with Crippen LogP contribution in [0.4, 0.5) is 11.4 Å². The van der Waals surface area contributed by atoms with E-state index in [9.17, 15) is 21.6 Å². The molecule has 0 bridgehead atoms. The van der Waals surface area contributed by atoms with E-state index in [1.165, 1.54) is 66.7 Å². The highest BCUT2D eigenvalue weighted by molar-refractivity contribution is 8.10. The molecule has 162 valence electrons. The Kier molecular flexibility index (Phi) is 6.47. The molecular weight excluding hydrogens is 436 g/mol. The van der Waals surface area contributed by atoms with Crippen molar-refractivity contribution in [3.8, 4) is 0 Å². The summed E-state index contributed by atoms with van der Waals surface area (Å²) < 4.78 is 54.2. The lowest BCUT2D eigenvalue weighted by molar-refractivity contribution is -0.115. The predicted molar refractivity (Wildman–Crippen MR) is 120 cm³/mol. The molecule has 3 aromatic carbocycles. The number of nitrogens with zero attached hydrogens (tertiary/aromatic N) is 1. The van der Waals surface area contributed by atoms with Gasteiger partial charge in [0, 0.05) is 12.1 Å². The summed E-state index contributed by atoms with van der Waals surface area (Å²) in [6.45, 7) is 3.37. The number of carbonyl (C=O) groups is 1. The van der Waals surface area contributed by atoms with Crippen LogP contribution in [0.3, 0.4) is 0 Å². The number of hydrogen-bond acceptors (Lipinski definition) is 5. The molecule has 9 heteroatoms. The van der Waals surface area contributed by atoms with Crippen LogP contribution in [0.2, 0.25) is 0 Å². The molecule has 0 spiro atoms. The fourth-order valence-corrected chi connectivity index (χ4v) is 6.64. The van der Waals surface area contributed by atoms with Gasteiger partial charge in [-0.05, 0) is 55.0 Å². The minimum Gasteiger partial charge on any atom is -0.326 e. The molecule has 0 aliphatic rings. The van der Waals surface area contributed by atoms with Crippen LogP contribution in [0.25, 0.3) is 0 Å². The first-order valence-corrected chi connectivity index (χ1v) is 12.4. The lowest BCUT2D eigenvalue weighted by Gasteiger charge is -2.25. The Morgan fingerprint density at radius 1 is 0.806 bits per heavy atom. The smallest absolute Gasteiger partial charge is 0.277 e. The molecule has 0 atom stereocenters. The highest BCUT2D eigenvalue weighted by Gasteiger charge is 2.37. The van der Waals surface area contributed by atoms with E-state index >= 15 is 0 Å². The molecule has 0 heterocycles. The normalized spacial score (nSPS) is 11.7. The van der Waals surface area contributed by atoms with Crippen molar-refractivity contribution in [2.75, 3.05) is 9.03 Å². The monoisotopic (exact) mass is 458 g/mol. The standard InChI is InChI=1S/C22H22N2O5S2/c1-3-22(25)23-21-15-14-18(16-17(21)2)24(30(26,27)19-10-6-4-7-11-19)31(28,29)20-12-8-5-9-13-20/h4-16H,3H2,1-2H3,(H,23,25). The van der Waals surface area contributed by atoms with Gasteiger partial charge >= 0.3 is 0 Å². The first-order chi connectivity index (χ1) is 14.7. The zero-order valence-electron chi connectivity index (χ0n) is 17.0. The van der Waals surface area contributed by atoms with Crippen LogP contribution < -0.4 is 9.03 Å². The van der Waals surface area contributed by atoms with Crippen LogP contribution >= 0.6 is 0 Å². The quantitative estimate of drug-likeness (QED) is 0.578. The van der Waals surface area contributed by atoms with Gasteiger partial charge in [-0.1, -0.05) is 43.3 Å². The number of nitrogens with one attached hydrogen (secondary N) is 1. The Hall–Kier alpha value is -3.17. The fourth-order valence-electron chi connectivity index (χ4n) is 2.92. The molecular formula is C22H22N2O5S2. The molecule has 0 aliphatic heterocycles. The van der Waals surface area contributed by atoms with Gasteiger partial charge in [0.05, 0.1) is 15.5 Å². The maximum atomic E-state index is 13.5. The molecule has 1 amide bonds. The zero-order valence-corrected chi connectivity index (χ0v) is 18.7. The van der Waals surface area contributed by atoms with E-state index in [0.717, 1.165) is 0 Å². The average Bonchev–Trinajstić information content (AvgIpc) is 2.76. The number of amides is 1. The van der Waals surface area contributed by atoms with E-state index in [4.69, 9.17) is 0 Å². The van der Waals surface area contributed by atoms with Crippen molar-refractivity contribution in [2.45, 2.75) is 30.1 Å². The number of hydrogen-bond donors (Lipinski definition) is 1. The Balaban J connectivity index is 2.20. The van der Waals surface area contributed by atoms with Gasteiger partial charge in [0.15, 0.2) is 0 Å². The second kappa shape index (κ2) is 8.91. The Bertz CT molecular complexity index is 1220. The van der Waals surface area contributed by atoms with E-state index in [0.29, 0.717) is 15.0 Å². The van der Waals surface area contributed by atoms with Crippen LogP contribution in [0.5, 0.6) is 0 Å². The average molecular weight is 459 g/mol. The van der Waals surface area contributed by atoms with E-state index in [1.54, 1.807) is 26.0 Å². The second-order valence-electron chi connectivity index (χ2n) is 6.73. The van der Waals surface area contributed by atoms with Gasteiger partial charge in [-0.15, -0.1) is 0 Å². The molecule has 0 saturated carbocycles. The van der Waals surface area contributed by atoms with Gasteiger partial charge < -0.3 is 5.32 Å². The maximum absolute atomic E-state index is 13.5. The van der Waals surface area contributed by atoms with E-state index in [2.05, 4.69) is 5.32 Å². The number of anilines is 2. The van der Waals surface area contributed by atoms with Crippen molar-refractivity contribution in [3.63, 3.8) is 0 Å². The first-order valence-electron chi connectivity index (χ1n) is 9.49. The minimum absolute atomic E-state index is 0.0558. The molecule has 31 heavy (non-hydrogen) atoms. The van der Waals surface area contributed by atoms with Crippen LogP contribution in [0.15, 0.2) is 88.7 Å². The van der Waals surface area contributed by atoms with E-state index in [-0.39, 0.29) is 27.8 Å². The van der Waals surface area contributed by atoms with Gasteiger partial charge in [-0.2, -0.15) is 3.71 Å². The Labute approximate surface area is 182 Å². The highest BCUT2D eigenvalue weighted by atomic mass is 32.3. The number of aryl methyl sites for hydroxylation is 1. The van der Waals surface area contributed by atoms with Crippen LogP contribution in [-0.2, 0) is 24.8 Å². The molecule has 7 nitrogen and oxygen atoms in total. The summed E-state index contributed by atoms with van der Waals surface area (Å²) in [4.78, 5) is 11.4. The summed E-state index contributed by atoms with van der Waals surface area (Å²) in [5, 5.41) is 2.71. The van der Waals surface area contributed by atoms with E-state index < -0.39 is 20.0 Å². The van der Waals surface area contributed by atoms with Crippen LogP contribution in [0.1, 0.15) is 18.9 Å². The molecule has 3 aromatic rings. The van der Waals surface area contributed by atoms with Gasteiger partial charge in [-0.3, -0.25) is 4.79 Å². The van der Waals surface area contributed by atoms with Crippen LogP contribution in [-0.4, -0.2) is 22.7 Å². The third-order valence-electron chi connectivity index (χ3n) is 4.53. The molecule has 0 unspecified atom stereocenters. The molecule has 0 fully saturated rings. The summed E-state index contributed by atoms with van der Waals surface area (Å²) in [5.41, 5.74) is 0.945. The minimum atomic E-state index is -4.46. The summed E-state index contributed by atoms with van der Waals surface area (Å²) in [5.74, 6) is -0.207. The fraction of sp³-hybridized carbons (Fsp3) is 0.136. The van der Waals surface area contributed by atoms with Crippen molar-refractivity contribution in [2.24, 2.45) is 0 Å². The first kappa shape index (κ1) is 22.5. The van der Waals surface area contributed by atoms with Gasteiger partial charge in [0.2, 0.25) is 5.91 Å². The third-order valence-corrected chi connectivity index (χ3v) is 8.74. The molecule has 3 rings (SSSR count). The second-order valence-corrected chi connectivity index (χ2v) is 10.5. The molecule has 0 aromatic heterocycles. The van der Waals surface area contributed by atoms with Gasteiger partial charge in [0.1, 0.15) is 0 Å². The summed E-state index contributed by atoms with van der Waals surface area (Å²) in [6, 6.07) is 19.0. The Morgan fingerprint density at radius 2 is 1.29 bits per heavy atom. The van der Waals surface area contributed by atoms with Gasteiger partial charge in [0.25, 0.3) is 20.0 Å². The predicted octanol–water partition coefficient (Wildman–Crippen LogP) is 3.93. The molecule has 0 radical (unpaired) electrons. The number of carbonyl (C=O) groups excluding carboxylic acids is 1. The van der Waals surface area contributed by atoms with Crippen molar-refractivity contribution in [1.29, 1.82) is 0 Å². The summed E-state index contributed by atoms with van der Waals surface area (Å²) in [7, 11) is -8.92. The van der Waals surface area contributed by atoms with Gasteiger partial charge in [-0.25, -0.2) is 16.8 Å². The SMILES string of the molecule is CCC(=O)Nc1ccc(N(S(=O)(=O)c2ccccc2)S(=O)(=O)c2ccccc2)cc1C. The highest BCUT2D eigenvalue weighted by Crippen LogP contribution is 2.33. The summed E-state index contributed by atoms with van der Waals surface area (Å²) >= 11 is 0. The maximum Gasteiger partial charge on any atom is 0.277 e. The number of benzene rings is 3. The largest absolute Gasteiger partial charge is 0.326 e. The van der Waals surface area contributed by atoms with Crippen molar-refractivity contribution >= 4 is 37.3 Å². The molecule has 0 aliphatic carbocycles.